The predicted molar refractivity (Wildman–Crippen MR) is 82.5 cm³/mol. The van der Waals surface area contributed by atoms with Crippen LogP contribution in [0, 0.1) is 11.3 Å². The summed E-state index contributed by atoms with van der Waals surface area (Å²) in [6.45, 7) is 13.5. The van der Waals surface area contributed by atoms with Crippen molar-refractivity contribution in [3.63, 3.8) is 0 Å². The zero-order valence-corrected chi connectivity index (χ0v) is 13.2. The Morgan fingerprint density at radius 2 is 1.84 bits per heavy atom. The standard InChI is InChI=1S/C16H33N3/c1-4-18-8-10-19(11-9-18)14-16(13-17-3)7-5-6-15(2)12-16/h15,17H,4-14H2,1-3H3. The molecule has 0 aromatic heterocycles. The molecule has 2 aliphatic rings. The van der Waals surface area contributed by atoms with Gasteiger partial charge in [-0.25, -0.2) is 0 Å². The first-order valence-electron chi connectivity index (χ1n) is 8.27. The van der Waals surface area contributed by atoms with Gasteiger partial charge in [0.1, 0.15) is 0 Å². The van der Waals surface area contributed by atoms with Gasteiger partial charge in [0.2, 0.25) is 0 Å². The lowest BCUT2D eigenvalue weighted by molar-refractivity contribution is 0.0516. The van der Waals surface area contributed by atoms with Gasteiger partial charge in [-0.15, -0.1) is 0 Å². The predicted octanol–water partition coefficient (Wildman–Crippen LogP) is 2.04. The van der Waals surface area contributed by atoms with Gasteiger partial charge in [0.25, 0.3) is 0 Å². The van der Waals surface area contributed by atoms with E-state index in [9.17, 15) is 0 Å². The Morgan fingerprint density at radius 1 is 1.16 bits per heavy atom. The largest absolute Gasteiger partial charge is 0.319 e. The molecule has 1 aliphatic carbocycles. The Balaban J connectivity index is 1.89. The van der Waals surface area contributed by atoms with E-state index in [0.29, 0.717) is 5.41 Å². The van der Waals surface area contributed by atoms with Gasteiger partial charge in [-0.05, 0) is 37.8 Å². The third-order valence-corrected chi connectivity index (χ3v) is 5.21. The molecule has 0 bridgehead atoms. The molecule has 3 heteroatoms. The fraction of sp³-hybridized carbons (Fsp3) is 1.00. The number of rotatable bonds is 5. The summed E-state index contributed by atoms with van der Waals surface area (Å²) in [6.07, 6.45) is 5.71. The molecule has 0 aromatic rings. The van der Waals surface area contributed by atoms with E-state index in [4.69, 9.17) is 0 Å². The van der Waals surface area contributed by atoms with Gasteiger partial charge in [-0.1, -0.05) is 26.7 Å². The molecular weight excluding hydrogens is 234 g/mol. The summed E-state index contributed by atoms with van der Waals surface area (Å²) >= 11 is 0. The maximum atomic E-state index is 3.47. The Bertz CT molecular complexity index is 257. The Hall–Kier alpha value is -0.120. The first kappa shape index (κ1) is 15.3. The van der Waals surface area contributed by atoms with Crippen LogP contribution in [0.4, 0.5) is 0 Å². The molecule has 2 atom stereocenters. The van der Waals surface area contributed by atoms with Crippen molar-refractivity contribution in [2.24, 2.45) is 11.3 Å². The van der Waals surface area contributed by atoms with E-state index in [-0.39, 0.29) is 0 Å². The van der Waals surface area contributed by atoms with Crippen LogP contribution >= 0.6 is 0 Å². The molecule has 1 aliphatic heterocycles. The number of hydrogen-bond donors (Lipinski definition) is 1. The summed E-state index contributed by atoms with van der Waals surface area (Å²) in [4.78, 5) is 5.30. The minimum absolute atomic E-state index is 0.542. The molecule has 1 N–H and O–H groups in total. The van der Waals surface area contributed by atoms with Crippen molar-refractivity contribution < 1.29 is 0 Å². The lowest BCUT2D eigenvalue weighted by atomic mass is 9.69. The summed E-state index contributed by atoms with van der Waals surface area (Å²) in [7, 11) is 2.12. The molecule has 2 rings (SSSR count). The van der Waals surface area contributed by atoms with Crippen molar-refractivity contribution in [3.8, 4) is 0 Å². The fourth-order valence-corrected chi connectivity index (χ4v) is 4.24. The molecule has 3 nitrogen and oxygen atoms in total. The Kier molecular flexibility index (Phi) is 5.67. The highest BCUT2D eigenvalue weighted by Crippen LogP contribution is 2.39. The normalized spacial score (nSPS) is 34.6. The second kappa shape index (κ2) is 7.05. The van der Waals surface area contributed by atoms with Gasteiger partial charge in [-0.3, -0.25) is 0 Å². The SMILES string of the molecule is CCN1CCN(CC2(CNC)CCCC(C)C2)CC1. The van der Waals surface area contributed by atoms with E-state index < -0.39 is 0 Å². The van der Waals surface area contributed by atoms with Crippen LogP contribution in [0.3, 0.4) is 0 Å². The van der Waals surface area contributed by atoms with Gasteiger partial charge in [0, 0.05) is 39.3 Å². The highest BCUT2D eigenvalue weighted by molar-refractivity contribution is 4.90. The quantitative estimate of drug-likeness (QED) is 0.822. The van der Waals surface area contributed by atoms with Crippen LogP contribution < -0.4 is 5.32 Å². The highest BCUT2D eigenvalue weighted by atomic mass is 15.3. The molecule has 0 aromatic carbocycles. The molecule has 19 heavy (non-hydrogen) atoms. The second-order valence-electron chi connectivity index (χ2n) is 6.94. The number of piperazine rings is 1. The maximum Gasteiger partial charge on any atom is 0.0110 e. The van der Waals surface area contributed by atoms with E-state index in [0.717, 1.165) is 5.92 Å². The number of likely N-dealkylation sites (N-methyl/N-ethyl adjacent to an activating group) is 1. The molecule has 1 saturated carbocycles. The van der Waals surface area contributed by atoms with Gasteiger partial charge in [-0.2, -0.15) is 0 Å². The zero-order valence-electron chi connectivity index (χ0n) is 13.2. The summed E-state index contributed by atoms with van der Waals surface area (Å²) in [5, 5.41) is 3.47. The van der Waals surface area contributed by atoms with Gasteiger partial charge in [0.15, 0.2) is 0 Å². The van der Waals surface area contributed by atoms with Crippen molar-refractivity contribution in [3.05, 3.63) is 0 Å². The van der Waals surface area contributed by atoms with Crippen LogP contribution in [0.25, 0.3) is 0 Å². The topological polar surface area (TPSA) is 18.5 Å². The molecule has 0 radical (unpaired) electrons. The molecule has 1 saturated heterocycles. The Morgan fingerprint density at radius 3 is 2.42 bits per heavy atom. The van der Waals surface area contributed by atoms with Crippen LogP contribution in [0.1, 0.15) is 39.5 Å². The first-order valence-corrected chi connectivity index (χ1v) is 8.27. The van der Waals surface area contributed by atoms with E-state index in [1.54, 1.807) is 0 Å². The number of nitrogens with zero attached hydrogens (tertiary/aromatic N) is 2. The molecule has 0 spiro atoms. The summed E-state index contributed by atoms with van der Waals surface area (Å²) in [5.41, 5.74) is 0.542. The minimum atomic E-state index is 0.542. The van der Waals surface area contributed by atoms with Crippen LogP contribution in [0.5, 0.6) is 0 Å². The lowest BCUT2D eigenvalue weighted by Crippen LogP contribution is -2.52. The van der Waals surface area contributed by atoms with Crippen molar-refractivity contribution >= 4 is 0 Å². The molecule has 2 unspecified atom stereocenters. The van der Waals surface area contributed by atoms with Crippen molar-refractivity contribution in [2.75, 3.05) is 52.9 Å². The molecule has 112 valence electrons. The van der Waals surface area contributed by atoms with Gasteiger partial charge >= 0.3 is 0 Å². The average Bonchev–Trinajstić information content (AvgIpc) is 2.40. The van der Waals surface area contributed by atoms with Gasteiger partial charge < -0.3 is 15.1 Å². The summed E-state index contributed by atoms with van der Waals surface area (Å²) in [5.74, 6) is 0.916. The average molecular weight is 267 g/mol. The van der Waals surface area contributed by atoms with Gasteiger partial charge in [0.05, 0.1) is 0 Å². The van der Waals surface area contributed by atoms with Crippen molar-refractivity contribution in [1.29, 1.82) is 0 Å². The van der Waals surface area contributed by atoms with E-state index in [1.807, 2.05) is 0 Å². The molecule has 2 fully saturated rings. The van der Waals surface area contributed by atoms with Crippen molar-refractivity contribution in [1.82, 2.24) is 15.1 Å². The molecule has 0 amide bonds. The third kappa shape index (κ3) is 4.17. The molecule has 1 heterocycles. The van der Waals surface area contributed by atoms with Crippen LogP contribution in [0.15, 0.2) is 0 Å². The van der Waals surface area contributed by atoms with Crippen LogP contribution in [-0.2, 0) is 0 Å². The number of nitrogens with one attached hydrogen (secondary N) is 1. The minimum Gasteiger partial charge on any atom is -0.319 e. The van der Waals surface area contributed by atoms with Crippen LogP contribution in [-0.4, -0.2) is 62.7 Å². The Labute approximate surface area is 119 Å². The van der Waals surface area contributed by atoms with E-state index in [2.05, 4.69) is 36.0 Å². The summed E-state index contributed by atoms with van der Waals surface area (Å²) < 4.78 is 0. The first-order chi connectivity index (χ1) is 9.17. The maximum absolute atomic E-state index is 3.47. The second-order valence-corrected chi connectivity index (χ2v) is 6.94. The zero-order chi connectivity index (χ0) is 13.7. The number of hydrogen-bond acceptors (Lipinski definition) is 3. The molecular formula is C16H33N3. The smallest absolute Gasteiger partial charge is 0.0110 e. The summed E-state index contributed by atoms with van der Waals surface area (Å²) in [6, 6.07) is 0. The third-order valence-electron chi connectivity index (χ3n) is 5.21. The van der Waals surface area contributed by atoms with E-state index >= 15 is 0 Å². The fourth-order valence-electron chi connectivity index (χ4n) is 4.24. The highest BCUT2D eigenvalue weighted by Gasteiger charge is 2.36. The van der Waals surface area contributed by atoms with Crippen LogP contribution in [0.2, 0.25) is 0 Å². The van der Waals surface area contributed by atoms with Crippen molar-refractivity contribution in [2.45, 2.75) is 39.5 Å². The monoisotopic (exact) mass is 267 g/mol. The lowest BCUT2D eigenvalue weighted by Gasteiger charge is -2.45. The van der Waals surface area contributed by atoms with E-state index in [1.165, 1.54) is 71.5 Å².